The summed E-state index contributed by atoms with van der Waals surface area (Å²) in [6, 6.07) is 2.54. The fraction of sp³-hybridized carbons (Fsp3) is 0.688. The van der Waals surface area contributed by atoms with Crippen molar-refractivity contribution in [1.82, 2.24) is 15.1 Å². The minimum absolute atomic E-state index is 0.0271. The van der Waals surface area contributed by atoms with Gasteiger partial charge in [0, 0.05) is 12.6 Å². The third kappa shape index (κ3) is 3.00. The molecule has 21 heavy (non-hydrogen) atoms. The lowest BCUT2D eigenvalue weighted by molar-refractivity contribution is -0.130. The molecular formula is C16H25N3OS. The quantitative estimate of drug-likeness (QED) is 0.907. The van der Waals surface area contributed by atoms with Crippen molar-refractivity contribution in [2.75, 3.05) is 19.6 Å². The average Bonchev–Trinajstić information content (AvgIpc) is 3.20. The van der Waals surface area contributed by atoms with Crippen LogP contribution in [0.5, 0.6) is 0 Å². The zero-order chi connectivity index (χ0) is 14.8. The van der Waals surface area contributed by atoms with Crippen LogP contribution in [0.2, 0.25) is 0 Å². The van der Waals surface area contributed by atoms with Crippen molar-refractivity contribution >= 4 is 17.2 Å². The Hall–Kier alpha value is -0.910. The molecular weight excluding hydrogens is 282 g/mol. The highest BCUT2D eigenvalue weighted by atomic mass is 32.1. The molecule has 0 aliphatic carbocycles. The van der Waals surface area contributed by atoms with E-state index in [9.17, 15) is 4.79 Å². The van der Waals surface area contributed by atoms with Gasteiger partial charge in [-0.2, -0.15) is 11.3 Å². The normalized spacial score (nSPS) is 28.5. The zero-order valence-electron chi connectivity index (χ0n) is 12.9. The summed E-state index contributed by atoms with van der Waals surface area (Å²) in [6.45, 7) is 7.51. The molecule has 3 atom stereocenters. The van der Waals surface area contributed by atoms with E-state index in [-0.39, 0.29) is 18.1 Å². The highest BCUT2D eigenvalue weighted by Crippen LogP contribution is 2.29. The molecule has 1 N–H and O–H groups in total. The first-order valence-electron chi connectivity index (χ1n) is 8.03. The Labute approximate surface area is 131 Å². The molecule has 2 saturated heterocycles. The number of likely N-dealkylation sites (tertiary alicyclic amines) is 1. The van der Waals surface area contributed by atoms with Crippen LogP contribution in [0.4, 0.5) is 0 Å². The number of hydrogen-bond acceptors (Lipinski definition) is 4. The van der Waals surface area contributed by atoms with Crippen LogP contribution in [0, 0.1) is 0 Å². The molecule has 0 saturated carbocycles. The summed E-state index contributed by atoms with van der Waals surface area (Å²) < 4.78 is 0. The summed E-state index contributed by atoms with van der Waals surface area (Å²) in [7, 11) is 0. The number of nitrogens with one attached hydrogen (secondary N) is 1. The fourth-order valence-corrected chi connectivity index (χ4v) is 4.14. The van der Waals surface area contributed by atoms with Gasteiger partial charge in [0.25, 0.3) is 0 Å². The second kappa shape index (κ2) is 6.46. The highest BCUT2D eigenvalue weighted by molar-refractivity contribution is 7.07. The van der Waals surface area contributed by atoms with Gasteiger partial charge in [0.2, 0.25) is 5.91 Å². The van der Waals surface area contributed by atoms with Crippen LogP contribution >= 0.6 is 11.3 Å². The fourth-order valence-electron chi connectivity index (χ4n) is 3.46. The first kappa shape index (κ1) is 15.0. The van der Waals surface area contributed by atoms with Crippen molar-refractivity contribution in [2.45, 2.75) is 51.4 Å². The van der Waals surface area contributed by atoms with E-state index in [1.54, 1.807) is 11.3 Å². The minimum atomic E-state index is -0.0271. The van der Waals surface area contributed by atoms with E-state index in [2.05, 4.69) is 45.8 Å². The predicted octanol–water partition coefficient (Wildman–Crippen LogP) is 2.44. The van der Waals surface area contributed by atoms with Crippen LogP contribution in [0.25, 0.3) is 0 Å². The van der Waals surface area contributed by atoms with E-state index >= 15 is 0 Å². The van der Waals surface area contributed by atoms with Crippen LogP contribution in [-0.4, -0.2) is 47.4 Å². The van der Waals surface area contributed by atoms with Gasteiger partial charge in [0.1, 0.15) is 6.17 Å². The molecule has 4 nitrogen and oxygen atoms in total. The molecule has 1 aromatic rings. The molecule has 0 bridgehead atoms. The van der Waals surface area contributed by atoms with Gasteiger partial charge in [-0.05, 0) is 61.7 Å². The first-order valence-corrected chi connectivity index (χ1v) is 8.97. The van der Waals surface area contributed by atoms with Gasteiger partial charge in [-0.25, -0.2) is 0 Å². The van der Waals surface area contributed by atoms with Crippen molar-refractivity contribution < 1.29 is 4.79 Å². The van der Waals surface area contributed by atoms with Gasteiger partial charge >= 0.3 is 0 Å². The maximum Gasteiger partial charge on any atom is 0.241 e. The number of thiophene rings is 1. The summed E-state index contributed by atoms with van der Waals surface area (Å²) in [6.07, 6.45) is 3.50. The van der Waals surface area contributed by atoms with Crippen molar-refractivity contribution in [3.63, 3.8) is 0 Å². The van der Waals surface area contributed by atoms with Crippen molar-refractivity contribution in [2.24, 2.45) is 0 Å². The largest absolute Gasteiger partial charge is 0.320 e. The van der Waals surface area contributed by atoms with Crippen molar-refractivity contribution in [1.29, 1.82) is 0 Å². The Kier molecular flexibility index (Phi) is 4.62. The third-order valence-electron chi connectivity index (χ3n) is 4.74. The third-order valence-corrected chi connectivity index (χ3v) is 5.45. The van der Waals surface area contributed by atoms with Crippen LogP contribution < -0.4 is 5.32 Å². The Morgan fingerprint density at radius 1 is 1.43 bits per heavy atom. The predicted molar refractivity (Wildman–Crippen MR) is 86.3 cm³/mol. The van der Waals surface area contributed by atoms with Crippen LogP contribution in [-0.2, 0) is 4.79 Å². The van der Waals surface area contributed by atoms with E-state index < -0.39 is 0 Å². The van der Waals surface area contributed by atoms with Gasteiger partial charge in [-0.15, -0.1) is 0 Å². The lowest BCUT2D eigenvalue weighted by Crippen LogP contribution is -2.43. The molecule has 1 amide bonds. The average molecular weight is 307 g/mol. The lowest BCUT2D eigenvalue weighted by atomic mass is 10.2. The van der Waals surface area contributed by atoms with Crippen LogP contribution in [0.3, 0.4) is 0 Å². The monoisotopic (exact) mass is 307 g/mol. The minimum Gasteiger partial charge on any atom is -0.320 e. The number of carbonyl (C=O) groups is 1. The summed E-state index contributed by atoms with van der Waals surface area (Å²) >= 11 is 1.69. The molecule has 2 aliphatic rings. The van der Waals surface area contributed by atoms with Gasteiger partial charge in [-0.3, -0.25) is 15.0 Å². The Morgan fingerprint density at radius 2 is 2.19 bits per heavy atom. The SMILES string of the molecule is CCC1NC(c2ccsc2)N(CC(C)N2CCCC2)C1=O. The van der Waals surface area contributed by atoms with E-state index in [0.717, 1.165) is 13.0 Å². The van der Waals surface area contributed by atoms with Crippen molar-refractivity contribution in [3.05, 3.63) is 22.4 Å². The summed E-state index contributed by atoms with van der Waals surface area (Å²) in [5.41, 5.74) is 1.22. The standard InChI is InChI=1S/C16H25N3OS/c1-3-14-16(20)19(10-12(2)18-7-4-5-8-18)15(17-14)13-6-9-21-11-13/h6,9,11-12,14-15,17H,3-5,7-8,10H2,1-2H3. The molecule has 2 fully saturated rings. The van der Waals surface area contributed by atoms with Crippen LogP contribution in [0.15, 0.2) is 16.8 Å². The van der Waals surface area contributed by atoms with Gasteiger partial charge in [0.05, 0.1) is 6.04 Å². The maximum atomic E-state index is 12.6. The van der Waals surface area contributed by atoms with E-state index in [1.807, 2.05) is 0 Å². The molecule has 116 valence electrons. The van der Waals surface area contributed by atoms with Crippen molar-refractivity contribution in [3.8, 4) is 0 Å². The molecule has 3 rings (SSSR count). The molecule has 0 aromatic carbocycles. The van der Waals surface area contributed by atoms with Gasteiger partial charge in [-0.1, -0.05) is 6.92 Å². The summed E-state index contributed by atoms with van der Waals surface area (Å²) in [5.74, 6) is 0.264. The lowest BCUT2D eigenvalue weighted by Gasteiger charge is -2.31. The second-order valence-corrected chi connectivity index (χ2v) is 6.95. The topological polar surface area (TPSA) is 35.6 Å². The van der Waals surface area contributed by atoms with E-state index in [4.69, 9.17) is 0 Å². The van der Waals surface area contributed by atoms with E-state index in [0.29, 0.717) is 6.04 Å². The molecule has 0 spiro atoms. The zero-order valence-corrected chi connectivity index (χ0v) is 13.7. The first-order chi connectivity index (χ1) is 10.2. The number of nitrogens with zero attached hydrogens (tertiary/aromatic N) is 2. The number of amides is 1. The molecule has 5 heteroatoms. The Balaban J connectivity index is 1.74. The molecule has 0 radical (unpaired) electrons. The summed E-state index contributed by atoms with van der Waals surface area (Å²) in [5, 5.41) is 7.74. The van der Waals surface area contributed by atoms with Gasteiger partial charge < -0.3 is 4.90 Å². The Bertz CT molecular complexity index is 470. The molecule has 2 aliphatic heterocycles. The molecule has 3 heterocycles. The van der Waals surface area contributed by atoms with Crippen LogP contribution in [0.1, 0.15) is 44.8 Å². The number of hydrogen-bond donors (Lipinski definition) is 1. The highest BCUT2D eigenvalue weighted by Gasteiger charge is 2.39. The number of rotatable bonds is 5. The maximum absolute atomic E-state index is 12.6. The molecule has 3 unspecified atom stereocenters. The van der Waals surface area contributed by atoms with Gasteiger partial charge in [0.15, 0.2) is 0 Å². The smallest absolute Gasteiger partial charge is 0.241 e. The second-order valence-electron chi connectivity index (χ2n) is 6.17. The Morgan fingerprint density at radius 3 is 2.81 bits per heavy atom. The molecule has 1 aromatic heterocycles. The summed E-state index contributed by atoms with van der Waals surface area (Å²) in [4.78, 5) is 17.2. The number of carbonyl (C=O) groups excluding carboxylic acids is 1. The van der Waals surface area contributed by atoms with E-state index in [1.165, 1.54) is 31.5 Å².